The van der Waals surface area contributed by atoms with E-state index in [0.717, 1.165) is 23.7 Å². The zero-order chi connectivity index (χ0) is 12.0. The van der Waals surface area contributed by atoms with E-state index in [9.17, 15) is 0 Å². The first-order valence-corrected chi connectivity index (χ1v) is 7.58. The van der Waals surface area contributed by atoms with Crippen molar-refractivity contribution in [3.63, 3.8) is 0 Å². The van der Waals surface area contributed by atoms with Gasteiger partial charge in [-0.05, 0) is 36.5 Å². The molecule has 96 valence electrons. The van der Waals surface area contributed by atoms with Crippen LogP contribution in [0.15, 0.2) is 0 Å². The monoisotopic (exact) mass is 224 g/mol. The summed E-state index contributed by atoms with van der Waals surface area (Å²) in [6.45, 7) is 9.82. The summed E-state index contributed by atoms with van der Waals surface area (Å²) >= 11 is 0. The van der Waals surface area contributed by atoms with E-state index in [-0.39, 0.29) is 0 Å². The fourth-order valence-corrected chi connectivity index (χ4v) is 3.48. The van der Waals surface area contributed by atoms with Gasteiger partial charge in [-0.2, -0.15) is 0 Å². The van der Waals surface area contributed by atoms with Crippen molar-refractivity contribution >= 4 is 0 Å². The number of rotatable bonds is 0. The first-order valence-electron chi connectivity index (χ1n) is 7.58. The molecule has 0 aromatic rings. The van der Waals surface area contributed by atoms with Gasteiger partial charge in [0.2, 0.25) is 0 Å². The van der Waals surface area contributed by atoms with Crippen LogP contribution in [0.2, 0.25) is 0 Å². The Morgan fingerprint density at radius 1 is 0.500 bits per heavy atom. The molecule has 1 aliphatic carbocycles. The van der Waals surface area contributed by atoms with E-state index in [1.54, 1.807) is 0 Å². The Labute approximate surface area is 103 Å². The molecule has 2 unspecified atom stereocenters. The van der Waals surface area contributed by atoms with Crippen molar-refractivity contribution < 1.29 is 0 Å². The largest absolute Gasteiger partial charge is 0.0625 e. The van der Waals surface area contributed by atoms with E-state index < -0.39 is 0 Å². The molecule has 0 aromatic carbocycles. The molecule has 0 amide bonds. The highest BCUT2D eigenvalue weighted by molar-refractivity contribution is 4.67. The normalized spacial score (nSPS) is 39.8. The molecular formula is C16H32. The molecule has 0 N–H and O–H groups in total. The second kappa shape index (κ2) is 7.35. The smallest absolute Gasteiger partial charge is 0.0438 e. The van der Waals surface area contributed by atoms with Gasteiger partial charge in [-0.1, -0.05) is 66.2 Å². The van der Waals surface area contributed by atoms with Gasteiger partial charge in [-0.25, -0.2) is 0 Å². The molecule has 0 aromatic heterocycles. The summed E-state index contributed by atoms with van der Waals surface area (Å²) in [7, 11) is 0. The highest BCUT2D eigenvalue weighted by atomic mass is 14.2. The second-order valence-electron chi connectivity index (χ2n) is 6.75. The van der Waals surface area contributed by atoms with Gasteiger partial charge in [0, 0.05) is 0 Å². The van der Waals surface area contributed by atoms with Gasteiger partial charge in [-0.3, -0.25) is 0 Å². The van der Waals surface area contributed by atoms with E-state index in [1.807, 2.05) is 0 Å². The maximum Gasteiger partial charge on any atom is -0.0438 e. The second-order valence-corrected chi connectivity index (χ2v) is 6.75. The average Bonchev–Trinajstić information content (AvgIpc) is 2.15. The molecule has 0 heterocycles. The minimum absolute atomic E-state index is 0.946. The van der Waals surface area contributed by atoms with Gasteiger partial charge < -0.3 is 0 Å². The molecule has 2 atom stereocenters. The summed E-state index contributed by atoms with van der Waals surface area (Å²) in [5.41, 5.74) is 0. The van der Waals surface area contributed by atoms with Gasteiger partial charge in [-0.15, -0.1) is 0 Å². The summed E-state index contributed by atoms with van der Waals surface area (Å²) in [6.07, 6.45) is 11.7. The predicted molar refractivity (Wildman–Crippen MR) is 73.6 cm³/mol. The van der Waals surface area contributed by atoms with Crippen LogP contribution in [-0.4, -0.2) is 0 Å². The molecule has 0 bridgehead atoms. The lowest BCUT2D eigenvalue weighted by molar-refractivity contribution is 0.294. The zero-order valence-corrected chi connectivity index (χ0v) is 12.0. The molecule has 0 spiro atoms. The Kier molecular flexibility index (Phi) is 6.46. The van der Waals surface area contributed by atoms with Crippen LogP contribution in [-0.2, 0) is 0 Å². The molecule has 0 heteroatoms. The summed E-state index contributed by atoms with van der Waals surface area (Å²) in [5.74, 6) is 3.82. The highest BCUT2D eigenvalue weighted by Crippen LogP contribution is 2.28. The van der Waals surface area contributed by atoms with E-state index in [2.05, 4.69) is 27.7 Å². The third-order valence-corrected chi connectivity index (χ3v) is 4.40. The summed E-state index contributed by atoms with van der Waals surface area (Å²) < 4.78 is 0. The van der Waals surface area contributed by atoms with E-state index in [0.29, 0.717) is 0 Å². The Morgan fingerprint density at radius 3 is 1.31 bits per heavy atom. The molecule has 1 saturated carbocycles. The summed E-state index contributed by atoms with van der Waals surface area (Å²) in [6, 6.07) is 0. The first-order chi connectivity index (χ1) is 7.58. The van der Waals surface area contributed by atoms with E-state index in [1.165, 1.54) is 51.4 Å². The van der Waals surface area contributed by atoms with Gasteiger partial charge in [0.05, 0.1) is 0 Å². The maximum absolute atomic E-state index is 2.46. The van der Waals surface area contributed by atoms with Crippen molar-refractivity contribution in [2.24, 2.45) is 23.7 Å². The molecule has 16 heavy (non-hydrogen) atoms. The Bertz CT molecular complexity index is 155. The number of hydrogen-bond acceptors (Lipinski definition) is 0. The van der Waals surface area contributed by atoms with Crippen molar-refractivity contribution in [1.29, 1.82) is 0 Å². The Hall–Kier alpha value is 0. The van der Waals surface area contributed by atoms with Crippen LogP contribution >= 0.6 is 0 Å². The maximum atomic E-state index is 2.46. The van der Waals surface area contributed by atoms with Crippen LogP contribution in [0.3, 0.4) is 0 Å². The van der Waals surface area contributed by atoms with Crippen LogP contribution in [0.25, 0.3) is 0 Å². The lowest BCUT2D eigenvalue weighted by Crippen LogP contribution is -2.10. The molecule has 1 aliphatic rings. The average molecular weight is 224 g/mol. The van der Waals surface area contributed by atoms with E-state index in [4.69, 9.17) is 0 Å². The van der Waals surface area contributed by atoms with Crippen LogP contribution in [0.1, 0.15) is 79.1 Å². The molecule has 1 fully saturated rings. The van der Waals surface area contributed by atoms with Crippen molar-refractivity contribution in [2.45, 2.75) is 79.1 Å². The fraction of sp³-hybridized carbons (Fsp3) is 1.00. The van der Waals surface area contributed by atoms with E-state index >= 15 is 0 Å². The van der Waals surface area contributed by atoms with Gasteiger partial charge in [0.25, 0.3) is 0 Å². The van der Waals surface area contributed by atoms with Crippen molar-refractivity contribution in [1.82, 2.24) is 0 Å². The van der Waals surface area contributed by atoms with Crippen LogP contribution in [0, 0.1) is 23.7 Å². The van der Waals surface area contributed by atoms with Crippen molar-refractivity contribution in [3.8, 4) is 0 Å². The van der Waals surface area contributed by atoms with Crippen molar-refractivity contribution in [2.75, 3.05) is 0 Å². The predicted octanol–water partition coefficient (Wildman–Crippen LogP) is 5.67. The zero-order valence-electron chi connectivity index (χ0n) is 12.0. The number of hydrogen-bond donors (Lipinski definition) is 0. The summed E-state index contributed by atoms with van der Waals surface area (Å²) in [4.78, 5) is 0. The summed E-state index contributed by atoms with van der Waals surface area (Å²) in [5, 5.41) is 0. The van der Waals surface area contributed by atoms with Gasteiger partial charge in [0.1, 0.15) is 0 Å². The van der Waals surface area contributed by atoms with Crippen LogP contribution < -0.4 is 0 Å². The first kappa shape index (κ1) is 14.1. The van der Waals surface area contributed by atoms with Gasteiger partial charge in [0.15, 0.2) is 0 Å². The minimum atomic E-state index is 0.946. The standard InChI is InChI=1S/C16H32/c1-13-7-5-9-14(2)11-16(4)12-15(3)10-6-8-13/h13-16H,5-12H2,1-4H3. The molecule has 0 nitrogen and oxygen atoms in total. The quantitative estimate of drug-likeness (QED) is 0.497. The Balaban J connectivity index is 2.40. The van der Waals surface area contributed by atoms with Gasteiger partial charge >= 0.3 is 0 Å². The third-order valence-electron chi connectivity index (χ3n) is 4.40. The fourth-order valence-electron chi connectivity index (χ4n) is 3.48. The van der Waals surface area contributed by atoms with Crippen LogP contribution in [0.4, 0.5) is 0 Å². The third kappa shape index (κ3) is 5.92. The SMILES string of the molecule is CC1CCCC(C)CC(C)CC(C)CCC1. The lowest BCUT2D eigenvalue weighted by Gasteiger charge is -2.23. The minimum Gasteiger partial charge on any atom is -0.0625 e. The van der Waals surface area contributed by atoms with Crippen molar-refractivity contribution in [3.05, 3.63) is 0 Å². The molecule has 1 rings (SSSR count). The highest BCUT2D eigenvalue weighted by Gasteiger charge is 2.14. The molecule has 0 aliphatic heterocycles. The Morgan fingerprint density at radius 2 is 0.875 bits per heavy atom. The topological polar surface area (TPSA) is 0 Å². The molecule has 0 radical (unpaired) electrons. The lowest BCUT2D eigenvalue weighted by atomic mass is 9.83. The van der Waals surface area contributed by atoms with Crippen LogP contribution in [0.5, 0.6) is 0 Å². The molecular weight excluding hydrogens is 192 g/mol. The molecule has 0 saturated heterocycles.